The van der Waals surface area contributed by atoms with Gasteiger partial charge in [-0.3, -0.25) is 9.59 Å². The molecule has 0 N–H and O–H groups in total. The minimum atomic E-state index is -3.74. The summed E-state index contributed by atoms with van der Waals surface area (Å²) in [5, 5.41) is 0. The maximum absolute atomic E-state index is 13.0. The summed E-state index contributed by atoms with van der Waals surface area (Å²) >= 11 is 0. The van der Waals surface area contributed by atoms with Gasteiger partial charge in [0, 0.05) is 18.7 Å². The Labute approximate surface area is 169 Å². The number of rotatable bonds is 6. The zero-order chi connectivity index (χ0) is 21.0. The molecule has 0 unspecified atom stereocenters. The highest BCUT2D eigenvalue weighted by molar-refractivity contribution is 7.89. The molecule has 1 fully saturated rings. The van der Waals surface area contributed by atoms with E-state index in [2.05, 4.69) is 0 Å². The molecule has 1 saturated heterocycles. The van der Waals surface area contributed by atoms with Crippen LogP contribution >= 0.6 is 0 Å². The number of halogens is 1. The van der Waals surface area contributed by atoms with E-state index in [-0.39, 0.29) is 23.8 Å². The molecule has 29 heavy (non-hydrogen) atoms. The van der Waals surface area contributed by atoms with Crippen molar-refractivity contribution in [3.8, 4) is 0 Å². The minimum absolute atomic E-state index is 0.0157. The molecular weight excluding hydrogens is 397 g/mol. The number of nitrogens with zero attached hydrogens (tertiary/aromatic N) is 1. The van der Waals surface area contributed by atoms with E-state index in [1.807, 2.05) is 0 Å². The van der Waals surface area contributed by atoms with E-state index in [9.17, 15) is 22.4 Å². The molecule has 1 atom stereocenters. The Bertz CT molecular complexity index is 968. The van der Waals surface area contributed by atoms with Gasteiger partial charge in [-0.2, -0.15) is 4.31 Å². The van der Waals surface area contributed by atoms with Crippen LogP contribution in [0, 0.1) is 11.7 Å². The van der Waals surface area contributed by atoms with Crippen LogP contribution in [0.15, 0.2) is 59.5 Å². The van der Waals surface area contributed by atoms with Crippen molar-refractivity contribution in [2.24, 2.45) is 5.92 Å². The van der Waals surface area contributed by atoms with Crippen LogP contribution in [0.3, 0.4) is 0 Å². The molecule has 6 nitrogen and oxygen atoms in total. The molecule has 0 radical (unpaired) electrons. The third kappa shape index (κ3) is 4.89. The molecule has 0 amide bonds. The van der Waals surface area contributed by atoms with Gasteiger partial charge in [0.2, 0.25) is 15.8 Å². The fourth-order valence-corrected chi connectivity index (χ4v) is 4.72. The average Bonchev–Trinajstić information content (AvgIpc) is 2.74. The van der Waals surface area contributed by atoms with Crippen LogP contribution in [0.5, 0.6) is 0 Å². The van der Waals surface area contributed by atoms with Crippen LogP contribution in [0.1, 0.15) is 30.1 Å². The van der Waals surface area contributed by atoms with Crippen molar-refractivity contribution < 1.29 is 27.1 Å². The summed E-state index contributed by atoms with van der Waals surface area (Å²) in [5.74, 6) is -1.76. The van der Waals surface area contributed by atoms with Crippen molar-refractivity contribution in [3.05, 3.63) is 66.0 Å². The highest BCUT2D eigenvalue weighted by Gasteiger charge is 2.34. The molecule has 0 aliphatic carbocycles. The van der Waals surface area contributed by atoms with Gasteiger partial charge in [0.05, 0.1) is 10.8 Å². The van der Waals surface area contributed by atoms with Crippen molar-refractivity contribution >= 4 is 21.8 Å². The SMILES string of the molecule is C[C@H](OC(=O)C1CCN(S(=O)(=O)c2ccc(F)cc2)CC1)C(=O)c1ccccc1. The van der Waals surface area contributed by atoms with Crippen molar-refractivity contribution in [3.63, 3.8) is 0 Å². The maximum atomic E-state index is 13.0. The number of carbonyl (C=O) groups excluding carboxylic acids is 2. The first-order chi connectivity index (χ1) is 13.8. The monoisotopic (exact) mass is 419 g/mol. The van der Waals surface area contributed by atoms with E-state index >= 15 is 0 Å². The summed E-state index contributed by atoms with van der Waals surface area (Å²) < 4.78 is 44.9. The lowest BCUT2D eigenvalue weighted by Gasteiger charge is -2.30. The van der Waals surface area contributed by atoms with Crippen LogP contribution in [0.2, 0.25) is 0 Å². The quantitative estimate of drug-likeness (QED) is 0.531. The predicted octanol–water partition coefficient (Wildman–Crippen LogP) is 3.04. The second-order valence-electron chi connectivity index (χ2n) is 6.94. The van der Waals surface area contributed by atoms with E-state index in [4.69, 9.17) is 4.74 Å². The molecular formula is C21H22FNO5S. The molecule has 0 saturated carbocycles. The van der Waals surface area contributed by atoms with Gasteiger partial charge in [-0.25, -0.2) is 12.8 Å². The topological polar surface area (TPSA) is 80.8 Å². The number of ether oxygens (including phenoxy) is 1. The van der Waals surface area contributed by atoms with Crippen LogP contribution in [-0.2, 0) is 19.6 Å². The van der Waals surface area contributed by atoms with E-state index in [0.717, 1.165) is 12.1 Å². The van der Waals surface area contributed by atoms with Crippen molar-refractivity contribution in [1.82, 2.24) is 4.31 Å². The Morgan fingerprint density at radius 2 is 1.62 bits per heavy atom. The molecule has 1 aliphatic heterocycles. The summed E-state index contributed by atoms with van der Waals surface area (Å²) in [4.78, 5) is 24.8. The van der Waals surface area contributed by atoms with Crippen LogP contribution in [0.4, 0.5) is 4.39 Å². The molecule has 0 bridgehead atoms. The van der Waals surface area contributed by atoms with Crippen molar-refractivity contribution in [2.75, 3.05) is 13.1 Å². The molecule has 1 aliphatic rings. The van der Waals surface area contributed by atoms with Gasteiger partial charge in [-0.05, 0) is 44.0 Å². The number of piperidine rings is 1. The number of benzene rings is 2. The molecule has 8 heteroatoms. The number of ketones is 1. The lowest BCUT2D eigenvalue weighted by molar-refractivity contribution is -0.152. The highest BCUT2D eigenvalue weighted by Crippen LogP contribution is 2.25. The van der Waals surface area contributed by atoms with Gasteiger partial charge in [-0.1, -0.05) is 30.3 Å². The fourth-order valence-electron chi connectivity index (χ4n) is 3.25. The van der Waals surface area contributed by atoms with Gasteiger partial charge in [0.1, 0.15) is 5.82 Å². The van der Waals surface area contributed by atoms with Crippen LogP contribution in [-0.4, -0.2) is 43.7 Å². The normalized spacial score (nSPS) is 16.9. The second-order valence-corrected chi connectivity index (χ2v) is 8.88. The Balaban J connectivity index is 1.56. The average molecular weight is 419 g/mol. The van der Waals surface area contributed by atoms with E-state index in [0.29, 0.717) is 18.4 Å². The first-order valence-electron chi connectivity index (χ1n) is 9.34. The lowest BCUT2D eigenvalue weighted by Crippen LogP contribution is -2.41. The van der Waals surface area contributed by atoms with E-state index in [1.165, 1.54) is 23.4 Å². The summed E-state index contributed by atoms with van der Waals surface area (Å²) in [6, 6.07) is 13.2. The number of hydrogen-bond acceptors (Lipinski definition) is 5. The first-order valence-corrected chi connectivity index (χ1v) is 10.8. The first kappa shape index (κ1) is 21.1. The molecule has 154 valence electrons. The Kier molecular flexibility index (Phi) is 6.44. The second kappa shape index (κ2) is 8.84. The van der Waals surface area contributed by atoms with E-state index < -0.39 is 33.8 Å². The van der Waals surface area contributed by atoms with Crippen LogP contribution in [0.25, 0.3) is 0 Å². The number of carbonyl (C=O) groups is 2. The van der Waals surface area contributed by atoms with Gasteiger partial charge in [0.15, 0.2) is 6.10 Å². The smallest absolute Gasteiger partial charge is 0.309 e. The molecule has 3 rings (SSSR count). The lowest BCUT2D eigenvalue weighted by atomic mass is 9.98. The third-order valence-electron chi connectivity index (χ3n) is 4.96. The molecule has 0 spiro atoms. The molecule has 0 aromatic heterocycles. The predicted molar refractivity (Wildman–Crippen MR) is 104 cm³/mol. The molecule has 2 aromatic rings. The molecule has 1 heterocycles. The maximum Gasteiger partial charge on any atom is 0.309 e. The van der Waals surface area contributed by atoms with Crippen molar-refractivity contribution in [1.29, 1.82) is 0 Å². The largest absolute Gasteiger partial charge is 0.454 e. The van der Waals surface area contributed by atoms with Gasteiger partial charge in [-0.15, -0.1) is 0 Å². The standard InChI is InChI=1S/C21H22FNO5S/c1-15(20(24)16-5-3-2-4-6-16)28-21(25)17-11-13-23(14-12-17)29(26,27)19-9-7-18(22)8-10-19/h2-10,15,17H,11-14H2,1H3/t15-/m0/s1. The zero-order valence-electron chi connectivity index (χ0n) is 16.0. The summed E-state index contributed by atoms with van der Waals surface area (Å²) in [6.07, 6.45) is -0.317. The number of hydrogen-bond donors (Lipinski definition) is 0. The molecule has 2 aromatic carbocycles. The fraction of sp³-hybridized carbons (Fsp3) is 0.333. The Hall–Kier alpha value is -2.58. The third-order valence-corrected chi connectivity index (χ3v) is 6.87. The number of Topliss-reactive ketones (excluding diaryl/α,β-unsaturated/α-hetero) is 1. The van der Waals surface area contributed by atoms with Gasteiger partial charge < -0.3 is 4.74 Å². The van der Waals surface area contributed by atoms with Crippen LogP contribution < -0.4 is 0 Å². The number of sulfonamides is 1. The summed E-state index contributed by atoms with van der Waals surface area (Å²) in [7, 11) is -3.74. The summed E-state index contributed by atoms with van der Waals surface area (Å²) in [6.45, 7) is 1.84. The van der Waals surface area contributed by atoms with Crippen molar-refractivity contribution in [2.45, 2.75) is 30.8 Å². The zero-order valence-corrected chi connectivity index (χ0v) is 16.8. The summed E-state index contributed by atoms with van der Waals surface area (Å²) in [5.41, 5.74) is 0.466. The minimum Gasteiger partial charge on any atom is -0.454 e. The highest BCUT2D eigenvalue weighted by atomic mass is 32.2. The number of esters is 1. The Morgan fingerprint density at radius 3 is 2.21 bits per heavy atom. The Morgan fingerprint density at radius 1 is 1.03 bits per heavy atom. The van der Waals surface area contributed by atoms with E-state index in [1.54, 1.807) is 30.3 Å². The van der Waals surface area contributed by atoms with Gasteiger partial charge in [0.25, 0.3) is 0 Å². The van der Waals surface area contributed by atoms with Gasteiger partial charge >= 0.3 is 5.97 Å².